The molecule has 2 aromatic heterocycles. The zero-order chi connectivity index (χ0) is 20.1. The van der Waals surface area contributed by atoms with Gasteiger partial charge in [0.25, 0.3) is 5.91 Å². The van der Waals surface area contributed by atoms with Crippen LogP contribution in [0.2, 0.25) is 0 Å². The third-order valence-corrected chi connectivity index (χ3v) is 5.01. The Balaban J connectivity index is 1.66. The van der Waals surface area contributed by atoms with E-state index in [-0.39, 0.29) is 12.5 Å². The summed E-state index contributed by atoms with van der Waals surface area (Å²) in [5, 5.41) is 2.00. The lowest BCUT2D eigenvalue weighted by atomic mass is 10.2. The molecule has 0 aliphatic heterocycles. The van der Waals surface area contributed by atoms with Gasteiger partial charge in [-0.25, -0.2) is 4.79 Å². The number of esters is 1. The highest BCUT2D eigenvalue weighted by Gasteiger charge is 2.19. The van der Waals surface area contributed by atoms with E-state index in [1.54, 1.807) is 49.6 Å². The topological polar surface area (TPSA) is 69.0 Å². The molecule has 0 aliphatic carbocycles. The monoisotopic (exact) mass is 399 g/mol. The molecule has 1 aromatic carbocycles. The Bertz CT molecular complexity index is 961. The summed E-state index contributed by atoms with van der Waals surface area (Å²) in [6, 6.07) is 12.6. The number of rotatable bonds is 7. The number of furan rings is 1. The van der Waals surface area contributed by atoms with E-state index in [1.807, 2.05) is 23.6 Å². The molecular formula is C21H21NO5S. The molecule has 1 amide bonds. The van der Waals surface area contributed by atoms with Gasteiger partial charge in [0.2, 0.25) is 0 Å². The first-order chi connectivity index (χ1) is 13.5. The van der Waals surface area contributed by atoms with Crippen LogP contribution >= 0.6 is 11.3 Å². The van der Waals surface area contributed by atoms with Gasteiger partial charge in [-0.15, -0.1) is 11.3 Å². The average Bonchev–Trinajstić information content (AvgIpc) is 3.35. The Hall–Kier alpha value is -3.06. The second-order valence-corrected chi connectivity index (χ2v) is 7.26. The van der Waals surface area contributed by atoms with Crippen molar-refractivity contribution in [3.8, 4) is 5.75 Å². The molecule has 3 aromatic rings. The van der Waals surface area contributed by atoms with Gasteiger partial charge in [-0.1, -0.05) is 12.1 Å². The Morgan fingerprint density at radius 3 is 2.71 bits per heavy atom. The first-order valence-electron chi connectivity index (χ1n) is 8.66. The van der Waals surface area contributed by atoms with Crippen molar-refractivity contribution < 1.29 is 23.5 Å². The highest BCUT2D eigenvalue weighted by molar-refractivity contribution is 7.09. The first kappa shape index (κ1) is 19.7. The molecule has 146 valence electrons. The van der Waals surface area contributed by atoms with Gasteiger partial charge in [0.1, 0.15) is 29.4 Å². The maximum atomic E-state index is 12.8. The number of hydrogen-bond acceptors (Lipinski definition) is 6. The predicted molar refractivity (Wildman–Crippen MR) is 106 cm³/mol. The molecule has 0 radical (unpaired) electrons. The van der Waals surface area contributed by atoms with Crippen molar-refractivity contribution in [2.45, 2.75) is 20.1 Å². The molecule has 0 aliphatic rings. The third-order valence-electron chi connectivity index (χ3n) is 4.16. The molecule has 2 heterocycles. The van der Waals surface area contributed by atoms with E-state index in [2.05, 4.69) is 0 Å². The van der Waals surface area contributed by atoms with Gasteiger partial charge in [-0.3, -0.25) is 4.79 Å². The quantitative estimate of drug-likeness (QED) is 0.555. The molecule has 3 rings (SSSR count). The summed E-state index contributed by atoms with van der Waals surface area (Å²) in [7, 11) is 2.99. The number of methoxy groups -OCH3 is 1. The molecule has 28 heavy (non-hydrogen) atoms. The zero-order valence-corrected chi connectivity index (χ0v) is 16.7. The summed E-state index contributed by atoms with van der Waals surface area (Å²) in [6.07, 6.45) is 0. The van der Waals surface area contributed by atoms with Crippen LogP contribution in [0.5, 0.6) is 5.75 Å². The van der Waals surface area contributed by atoms with Crippen molar-refractivity contribution in [1.29, 1.82) is 0 Å². The van der Waals surface area contributed by atoms with E-state index in [0.29, 0.717) is 35.0 Å². The minimum Gasteiger partial charge on any atom is -0.488 e. The Kier molecular flexibility index (Phi) is 6.16. The molecule has 0 N–H and O–H groups in total. The van der Waals surface area contributed by atoms with Crippen LogP contribution in [0.1, 0.15) is 37.1 Å². The van der Waals surface area contributed by atoms with E-state index >= 15 is 0 Å². The maximum Gasteiger partial charge on any atom is 0.341 e. The number of benzene rings is 1. The summed E-state index contributed by atoms with van der Waals surface area (Å²) >= 11 is 1.62. The van der Waals surface area contributed by atoms with Crippen LogP contribution in [-0.4, -0.2) is 30.9 Å². The highest BCUT2D eigenvalue weighted by Crippen LogP contribution is 2.20. The lowest BCUT2D eigenvalue weighted by Gasteiger charge is -2.16. The molecule has 0 unspecified atom stereocenters. The zero-order valence-electron chi connectivity index (χ0n) is 15.9. The van der Waals surface area contributed by atoms with Gasteiger partial charge in [-0.2, -0.15) is 0 Å². The number of carbonyl (C=O) groups excluding carboxylic acids is 2. The normalized spacial score (nSPS) is 10.5. The number of thiophene rings is 1. The summed E-state index contributed by atoms with van der Waals surface area (Å²) in [5.41, 5.74) is 0.880. The smallest absolute Gasteiger partial charge is 0.341 e. The Morgan fingerprint density at radius 2 is 2.00 bits per heavy atom. The summed E-state index contributed by atoms with van der Waals surface area (Å²) < 4.78 is 16.1. The van der Waals surface area contributed by atoms with Crippen LogP contribution < -0.4 is 4.74 Å². The first-order valence-corrected chi connectivity index (χ1v) is 9.54. The highest BCUT2D eigenvalue weighted by atomic mass is 32.1. The predicted octanol–water partition coefficient (Wildman–Crippen LogP) is 4.29. The molecule has 0 saturated heterocycles. The van der Waals surface area contributed by atoms with Gasteiger partial charge in [0.15, 0.2) is 0 Å². The minimum absolute atomic E-state index is 0.171. The maximum absolute atomic E-state index is 12.8. The van der Waals surface area contributed by atoms with Crippen molar-refractivity contribution >= 4 is 23.2 Å². The fourth-order valence-electron chi connectivity index (χ4n) is 2.73. The van der Waals surface area contributed by atoms with Crippen molar-refractivity contribution in [2.75, 3.05) is 14.2 Å². The van der Waals surface area contributed by atoms with Gasteiger partial charge in [0.05, 0.1) is 13.7 Å². The number of amides is 1. The fourth-order valence-corrected chi connectivity index (χ4v) is 3.34. The molecule has 0 bridgehead atoms. The number of ether oxygens (including phenoxy) is 2. The molecule has 0 atom stereocenters. The van der Waals surface area contributed by atoms with Gasteiger partial charge >= 0.3 is 5.97 Å². The van der Waals surface area contributed by atoms with Crippen molar-refractivity contribution in [3.63, 3.8) is 0 Å². The van der Waals surface area contributed by atoms with E-state index in [9.17, 15) is 9.59 Å². The number of nitrogens with zero attached hydrogens (tertiary/aromatic N) is 1. The Morgan fingerprint density at radius 1 is 1.18 bits per heavy atom. The van der Waals surface area contributed by atoms with Crippen LogP contribution in [0.25, 0.3) is 0 Å². The van der Waals surface area contributed by atoms with E-state index in [0.717, 1.165) is 4.88 Å². The van der Waals surface area contributed by atoms with Gasteiger partial charge in [0, 0.05) is 17.5 Å². The molecule has 0 fully saturated rings. The van der Waals surface area contributed by atoms with Crippen molar-refractivity contribution in [1.82, 2.24) is 4.90 Å². The SMILES string of the molecule is COC(=O)c1cc(CN(C)C(=O)c2cccc(OCc3cccs3)c2)oc1C. The average molecular weight is 399 g/mol. The van der Waals surface area contributed by atoms with Crippen LogP contribution in [0.3, 0.4) is 0 Å². The third kappa shape index (κ3) is 4.61. The van der Waals surface area contributed by atoms with Crippen molar-refractivity contribution in [3.05, 3.63) is 75.4 Å². The lowest BCUT2D eigenvalue weighted by Crippen LogP contribution is -2.26. The van der Waals surface area contributed by atoms with Crippen LogP contribution in [0.15, 0.2) is 52.3 Å². The second kappa shape index (κ2) is 8.75. The van der Waals surface area contributed by atoms with E-state index in [4.69, 9.17) is 13.9 Å². The van der Waals surface area contributed by atoms with E-state index < -0.39 is 5.97 Å². The van der Waals surface area contributed by atoms with Gasteiger partial charge < -0.3 is 18.8 Å². The fraction of sp³-hybridized carbons (Fsp3) is 0.238. The number of carbonyl (C=O) groups is 2. The number of hydrogen-bond donors (Lipinski definition) is 0. The largest absolute Gasteiger partial charge is 0.488 e. The second-order valence-electron chi connectivity index (χ2n) is 6.23. The standard InChI is InChI=1S/C21H21NO5S/c1-14-19(21(24)25-3)11-17(27-14)12-22(2)20(23)15-6-4-7-16(10-15)26-13-18-8-5-9-28-18/h4-11H,12-13H2,1-3H3. The van der Waals surface area contributed by atoms with E-state index in [1.165, 1.54) is 12.0 Å². The molecule has 7 heteroatoms. The van der Waals surface area contributed by atoms with Crippen LogP contribution in [0.4, 0.5) is 0 Å². The summed E-state index contributed by atoms with van der Waals surface area (Å²) in [6.45, 7) is 2.38. The molecule has 0 spiro atoms. The molecule has 0 saturated carbocycles. The minimum atomic E-state index is -0.461. The van der Waals surface area contributed by atoms with Crippen molar-refractivity contribution in [2.24, 2.45) is 0 Å². The Labute approximate surface area is 167 Å². The molecule has 6 nitrogen and oxygen atoms in total. The summed E-state index contributed by atoms with van der Waals surface area (Å²) in [5.74, 6) is 0.979. The van der Waals surface area contributed by atoms with Gasteiger partial charge in [-0.05, 0) is 42.6 Å². The molecular weight excluding hydrogens is 378 g/mol. The van der Waals surface area contributed by atoms with Crippen LogP contribution in [-0.2, 0) is 17.9 Å². The summed E-state index contributed by atoms with van der Waals surface area (Å²) in [4.78, 5) is 27.1. The number of aryl methyl sites for hydroxylation is 1. The lowest BCUT2D eigenvalue weighted by molar-refractivity contribution is 0.0598. The van der Waals surface area contributed by atoms with Crippen LogP contribution in [0, 0.1) is 6.92 Å².